The summed E-state index contributed by atoms with van der Waals surface area (Å²) < 4.78 is 5.47. The molecule has 1 N–H and O–H groups in total. The van der Waals surface area contributed by atoms with E-state index in [2.05, 4.69) is 31.1 Å². The van der Waals surface area contributed by atoms with Crippen LogP contribution < -0.4 is 5.32 Å². The van der Waals surface area contributed by atoms with Crippen LogP contribution in [0.4, 0.5) is 4.79 Å². The van der Waals surface area contributed by atoms with Gasteiger partial charge in [0.15, 0.2) is 0 Å². The predicted molar refractivity (Wildman–Crippen MR) is 96.1 cm³/mol. The third-order valence-electron chi connectivity index (χ3n) is 3.33. The first kappa shape index (κ1) is 19.9. The molecule has 0 aromatic carbocycles. The van der Waals surface area contributed by atoms with Crippen LogP contribution in [0, 0.1) is 13.8 Å². The van der Waals surface area contributed by atoms with Crippen LogP contribution in [0.3, 0.4) is 0 Å². The topological polar surface area (TPSA) is 54.5 Å². The summed E-state index contributed by atoms with van der Waals surface area (Å²) in [4.78, 5) is 19.8. The lowest BCUT2D eigenvalue weighted by molar-refractivity contribution is 0.0251. The Balaban J connectivity index is 2.52. The van der Waals surface area contributed by atoms with Crippen molar-refractivity contribution in [1.29, 1.82) is 0 Å². The number of aromatic nitrogens is 1. The van der Waals surface area contributed by atoms with E-state index >= 15 is 0 Å². The highest BCUT2D eigenvalue weighted by molar-refractivity contribution is 7.11. The van der Waals surface area contributed by atoms with E-state index in [0.717, 1.165) is 23.7 Å². The molecule has 1 atom stereocenters. The van der Waals surface area contributed by atoms with Gasteiger partial charge in [-0.25, -0.2) is 9.78 Å². The first-order valence-corrected chi connectivity index (χ1v) is 9.11. The van der Waals surface area contributed by atoms with E-state index in [0.29, 0.717) is 13.1 Å². The number of carbonyl (C=O) groups excluding carboxylic acids is 1. The Morgan fingerprint density at radius 3 is 2.48 bits per heavy atom. The third-order valence-corrected chi connectivity index (χ3v) is 4.23. The molecule has 0 bridgehead atoms. The summed E-state index contributed by atoms with van der Waals surface area (Å²) in [6, 6.07) is 0.182. The number of nitrogens with zero attached hydrogens (tertiary/aromatic N) is 2. The molecule has 0 fully saturated rings. The lowest BCUT2D eigenvalue weighted by atomic mass is 10.2. The van der Waals surface area contributed by atoms with Gasteiger partial charge in [-0.05, 0) is 48.0 Å². The smallest absolute Gasteiger partial charge is 0.410 e. The molecule has 0 spiro atoms. The highest BCUT2D eigenvalue weighted by Crippen LogP contribution is 2.22. The Bertz CT molecular complexity index is 508. The minimum absolute atomic E-state index is 0.182. The quantitative estimate of drug-likeness (QED) is 0.812. The molecule has 0 aliphatic carbocycles. The maximum absolute atomic E-state index is 12.2. The van der Waals surface area contributed by atoms with E-state index in [4.69, 9.17) is 4.74 Å². The van der Waals surface area contributed by atoms with Crippen molar-refractivity contribution in [3.05, 3.63) is 15.6 Å². The molecule has 0 radical (unpaired) electrons. The van der Waals surface area contributed by atoms with Crippen LogP contribution in [0.5, 0.6) is 0 Å². The summed E-state index contributed by atoms with van der Waals surface area (Å²) in [5.41, 5.74) is 0.644. The van der Waals surface area contributed by atoms with E-state index in [9.17, 15) is 4.79 Å². The summed E-state index contributed by atoms with van der Waals surface area (Å²) in [7, 11) is 0. The Morgan fingerprint density at radius 1 is 1.35 bits per heavy atom. The molecule has 0 aliphatic heterocycles. The zero-order chi connectivity index (χ0) is 17.6. The van der Waals surface area contributed by atoms with Gasteiger partial charge in [-0.1, -0.05) is 6.92 Å². The highest BCUT2D eigenvalue weighted by Gasteiger charge is 2.21. The van der Waals surface area contributed by atoms with Gasteiger partial charge in [-0.2, -0.15) is 0 Å². The van der Waals surface area contributed by atoms with E-state index in [1.165, 1.54) is 4.88 Å². The minimum atomic E-state index is -0.459. The van der Waals surface area contributed by atoms with Gasteiger partial charge in [0, 0.05) is 30.6 Å². The van der Waals surface area contributed by atoms with Crippen LogP contribution in [-0.2, 0) is 4.74 Å². The first-order chi connectivity index (χ1) is 10.6. The minimum Gasteiger partial charge on any atom is -0.444 e. The molecule has 1 heterocycles. The Hall–Kier alpha value is -1.14. The second kappa shape index (κ2) is 8.64. The molecule has 5 nitrogen and oxygen atoms in total. The van der Waals surface area contributed by atoms with E-state index in [1.807, 2.05) is 27.7 Å². The molecule has 1 unspecified atom stereocenters. The average Bonchev–Trinajstić information content (AvgIpc) is 2.74. The van der Waals surface area contributed by atoms with Crippen LogP contribution >= 0.6 is 11.3 Å². The number of nitrogens with one attached hydrogen (secondary N) is 1. The maximum Gasteiger partial charge on any atom is 0.410 e. The van der Waals surface area contributed by atoms with Crippen molar-refractivity contribution in [2.75, 3.05) is 19.6 Å². The number of hydrogen-bond donors (Lipinski definition) is 1. The van der Waals surface area contributed by atoms with Crippen LogP contribution in [0.1, 0.15) is 62.7 Å². The molecule has 1 aromatic heterocycles. The van der Waals surface area contributed by atoms with Crippen molar-refractivity contribution in [3.63, 3.8) is 0 Å². The number of rotatable bonds is 7. The van der Waals surface area contributed by atoms with E-state index in [1.54, 1.807) is 16.2 Å². The summed E-state index contributed by atoms with van der Waals surface area (Å²) in [6.45, 7) is 16.0. The third kappa shape index (κ3) is 6.87. The fourth-order valence-corrected chi connectivity index (χ4v) is 3.26. The van der Waals surface area contributed by atoms with Crippen LogP contribution in [0.2, 0.25) is 0 Å². The highest BCUT2D eigenvalue weighted by atomic mass is 32.1. The Morgan fingerprint density at radius 2 is 2.00 bits per heavy atom. The van der Waals surface area contributed by atoms with E-state index in [-0.39, 0.29) is 12.1 Å². The molecule has 23 heavy (non-hydrogen) atoms. The van der Waals surface area contributed by atoms with E-state index < -0.39 is 5.60 Å². The SMILES string of the molecule is CCCN(CCNC(C)c1nc(C)sc1C)C(=O)OC(C)(C)C. The lowest BCUT2D eigenvalue weighted by Crippen LogP contribution is -2.41. The number of aryl methyl sites for hydroxylation is 2. The van der Waals surface area contributed by atoms with Crippen molar-refractivity contribution in [2.24, 2.45) is 0 Å². The molecule has 6 heteroatoms. The van der Waals surface area contributed by atoms with Gasteiger partial charge in [0.1, 0.15) is 5.60 Å². The standard InChI is InChI=1S/C17H31N3O2S/c1-8-10-20(16(21)22-17(5,6)7)11-9-18-12(2)15-13(3)23-14(4)19-15/h12,18H,8-11H2,1-7H3. The number of ether oxygens (including phenoxy) is 1. The number of thiazole rings is 1. The summed E-state index contributed by atoms with van der Waals surface area (Å²) in [6.07, 6.45) is 0.675. The van der Waals surface area contributed by atoms with Gasteiger partial charge in [-0.15, -0.1) is 11.3 Å². The predicted octanol–water partition coefficient (Wildman–Crippen LogP) is 4.06. The van der Waals surface area contributed by atoms with Crippen LogP contribution in [0.25, 0.3) is 0 Å². The first-order valence-electron chi connectivity index (χ1n) is 8.29. The van der Waals surface area contributed by atoms with Crippen molar-refractivity contribution >= 4 is 17.4 Å². The second-order valence-electron chi connectivity index (χ2n) is 6.82. The van der Waals surface area contributed by atoms with Crippen LogP contribution in [0.15, 0.2) is 0 Å². The van der Waals surface area contributed by atoms with Crippen molar-refractivity contribution in [1.82, 2.24) is 15.2 Å². The molecule has 0 saturated carbocycles. The molecule has 1 amide bonds. The number of amides is 1. The van der Waals surface area contributed by atoms with Gasteiger partial charge in [0.25, 0.3) is 0 Å². The van der Waals surface area contributed by atoms with Gasteiger partial charge in [-0.3, -0.25) is 0 Å². The average molecular weight is 342 g/mol. The second-order valence-corrected chi connectivity index (χ2v) is 8.22. The summed E-state index contributed by atoms with van der Waals surface area (Å²) in [5.74, 6) is 0. The fraction of sp³-hybridized carbons (Fsp3) is 0.765. The van der Waals surface area contributed by atoms with Crippen molar-refractivity contribution < 1.29 is 9.53 Å². The Labute approximate surface area is 144 Å². The molecule has 1 aromatic rings. The lowest BCUT2D eigenvalue weighted by Gasteiger charge is -2.27. The molecule has 1 rings (SSSR count). The molecular weight excluding hydrogens is 310 g/mol. The molecule has 0 aliphatic rings. The zero-order valence-corrected chi connectivity index (χ0v) is 16.3. The molecular formula is C17H31N3O2S. The number of hydrogen-bond acceptors (Lipinski definition) is 5. The largest absolute Gasteiger partial charge is 0.444 e. The maximum atomic E-state index is 12.2. The monoisotopic (exact) mass is 341 g/mol. The van der Waals surface area contributed by atoms with Crippen molar-refractivity contribution in [2.45, 2.75) is 66.5 Å². The molecule has 132 valence electrons. The van der Waals surface area contributed by atoms with Gasteiger partial charge in [0.2, 0.25) is 0 Å². The van der Waals surface area contributed by atoms with Crippen LogP contribution in [-0.4, -0.2) is 41.2 Å². The Kier molecular flexibility index (Phi) is 7.48. The van der Waals surface area contributed by atoms with Gasteiger partial charge >= 0.3 is 6.09 Å². The number of carbonyl (C=O) groups is 1. The summed E-state index contributed by atoms with van der Waals surface area (Å²) >= 11 is 1.72. The van der Waals surface area contributed by atoms with Gasteiger partial charge < -0.3 is 15.0 Å². The van der Waals surface area contributed by atoms with Crippen molar-refractivity contribution in [3.8, 4) is 0 Å². The normalized spacial score (nSPS) is 13.0. The summed E-state index contributed by atoms with van der Waals surface area (Å²) in [5, 5.41) is 4.54. The van der Waals surface area contributed by atoms with Gasteiger partial charge in [0.05, 0.1) is 10.7 Å². The fourth-order valence-electron chi connectivity index (χ4n) is 2.35. The zero-order valence-electron chi connectivity index (χ0n) is 15.5. The molecule has 0 saturated heterocycles.